The van der Waals surface area contributed by atoms with Crippen LogP contribution < -0.4 is 5.73 Å². The average molecular weight is 331 g/mol. The second kappa shape index (κ2) is 6.08. The first-order chi connectivity index (χ1) is 8.56. The van der Waals surface area contributed by atoms with Gasteiger partial charge in [0.25, 0.3) is 0 Å². The fourth-order valence-corrected chi connectivity index (χ4v) is 2.38. The van der Waals surface area contributed by atoms with Crippen LogP contribution in [0.4, 0.5) is 4.39 Å². The number of hydrogen-bond donors (Lipinski definition) is 1. The molecule has 1 aromatic rings. The van der Waals surface area contributed by atoms with Gasteiger partial charge in [-0.2, -0.15) is 0 Å². The van der Waals surface area contributed by atoms with Gasteiger partial charge in [0.2, 0.25) is 0 Å². The Balaban J connectivity index is 2.01. The van der Waals surface area contributed by atoms with Crippen molar-refractivity contribution < 1.29 is 4.39 Å². The largest absolute Gasteiger partial charge is 0.393 e. The molecule has 2 nitrogen and oxygen atoms in total. The van der Waals surface area contributed by atoms with Crippen molar-refractivity contribution >= 4 is 33.1 Å². The van der Waals surface area contributed by atoms with E-state index in [1.54, 1.807) is 0 Å². The normalized spacial score (nSPS) is 15.1. The highest BCUT2D eigenvalue weighted by molar-refractivity contribution is 9.10. The van der Waals surface area contributed by atoms with Gasteiger partial charge in [0, 0.05) is 35.6 Å². The Morgan fingerprint density at radius 2 is 2.22 bits per heavy atom. The molecule has 2 N–H and O–H groups in total. The minimum Gasteiger partial charge on any atom is -0.393 e. The van der Waals surface area contributed by atoms with Crippen molar-refractivity contribution in [1.82, 2.24) is 4.90 Å². The van der Waals surface area contributed by atoms with E-state index >= 15 is 0 Å². The summed E-state index contributed by atoms with van der Waals surface area (Å²) in [5.41, 5.74) is 6.26. The number of hydrogen-bond acceptors (Lipinski definition) is 2. The average Bonchev–Trinajstić information content (AvgIpc) is 3.10. The molecule has 0 bridgehead atoms. The Labute approximate surface area is 120 Å². The molecule has 1 aliphatic rings. The van der Waals surface area contributed by atoms with Crippen LogP contribution in [-0.2, 0) is 6.54 Å². The van der Waals surface area contributed by atoms with Crippen LogP contribution in [0.3, 0.4) is 0 Å². The predicted molar refractivity (Wildman–Crippen MR) is 78.9 cm³/mol. The van der Waals surface area contributed by atoms with Crippen LogP contribution in [0.1, 0.15) is 24.8 Å². The lowest BCUT2D eigenvalue weighted by molar-refractivity contribution is 0.259. The van der Waals surface area contributed by atoms with E-state index in [1.807, 2.05) is 12.1 Å². The fraction of sp³-hybridized carbons (Fsp3) is 0.462. The molecule has 1 saturated carbocycles. The summed E-state index contributed by atoms with van der Waals surface area (Å²) in [6, 6.07) is 5.78. The van der Waals surface area contributed by atoms with Gasteiger partial charge in [-0.25, -0.2) is 4.39 Å². The molecule has 0 radical (unpaired) electrons. The first-order valence-electron chi connectivity index (χ1n) is 6.02. The summed E-state index contributed by atoms with van der Waals surface area (Å²) in [5.74, 6) is -0.162. The monoisotopic (exact) mass is 330 g/mol. The number of benzene rings is 1. The third-order valence-electron chi connectivity index (χ3n) is 3.10. The Bertz CT molecular complexity index is 449. The van der Waals surface area contributed by atoms with Crippen molar-refractivity contribution in [3.63, 3.8) is 0 Å². The Hall–Kier alpha value is -0.520. The highest BCUT2D eigenvalue weighted by Gasteiger charge is 2.29. The summed E-state index contributed by atoms with van der Waals surface area (Å²) >= 11 is 8.17. The van der Waals surface area contributed by atoms with Crippen LogP contribution in [0.2, 0.25) is 0 Å². The zero-order valence-electron chi connectivity index (χ0n) is 10.0. The molecule has 0 heterocycles. The summed E-state index contributed by atoms with van der Waals surface area (Å²) in [4.78, 5) is 2.79. The molecule has 0 aliphatic heterocycles. The molecular formula is C13H16BrFN2S. The van der Waals surface area contributed by atoms with Crippen molar-refractivity contribution in [2.45, 2.75) is 31.8 Å². The minimum absolute atomic E-state index is 0.162. The van der Waals surface area contributed by atoms with Gasteiger partial charge >= 0.3 is 0 Å². The van der Waals surface area contributed by atoms with Crippen molar-refractivity contribution in [3.8, 4) is 0 Å². The van der Waals surface area contributed by atoms with Crippen molar-refractivity contribution in [2.75, 3.05) is 6.54 Å². The molecule has 2 rings (SSSR count). The number of halogens is 2. The van der Waals surface area contributed by atoms with Gasteiger partial charge in [-0.05, 0) is 25.0 Å². The molecule has 5 heteroatoms. The summed E-state index contributed by atoms with van der Waals surface area (Å²) in [6.07, 6.45) is 3.08. The van der Waals surface area contributed by atoms with E-state index in [2.05, 4.69) is 20.8 Å². The molecule has 0 atom stereocenters. The first-order valence-corrected chi connectivity index (χ1v) is 7.22. The summed E-state index contributed by atoms with van der Waals surface area (Å²) in [5, 5.41) is 0. The predicted octanol–water partition coefficient (Wildman–Crippen LogP) is 3.23. The van der Waals surface area contributed by atoms with Gasteiger partial charge < -0.3 is 5.73 Å². The van der Waals surface area contributed by atoms with Crippen LogP contribution in [-0.4, -0.2) is 22.5 Å². The molecular weight excluding hydrogens is 315 g/mol. The maximum atomic E-state index is 13.8. The van der Waals surface area contributed by atoms with E-state index in [0.29, 0.717) is 24.0 Å². The number of nitrogens with two attached hydrogens (primary N) is 1. The van der Waals surface area contributed by atoms with Crippen molar-refractivity contribution in [3.05, 3.63) is 34.1 Å². The number of rotatable bonds is 6. The van der Waals surface area contributed by atoms with Crippen LogP contribution in [0.15, 0.2) is 22.7 Å². The SMILES string of the molecule is NC(=S)CCN(Cc1ccc(Br)cc1F)C1CC1. The summed E-state index contributed by atoms with van der Waals surface area (Å²) < 4.78 is 14.6. The van der Waals surface area contributed by atoms with Crippen LogP contribution >= 0.6 is 28.1 Å². The molecule has 1 aromatic carbocycles. The lowest BCUT2D eigenvalue weighted by Crippen LogP contribution is -2.29. The van der Waals surface area contributed by atoms with Gasteiger partial charge in [-0.1, -0.05) is 34.2 Å². The third-order valence-corrected chi connectivity index (χ3v) is 3.79. The lowest BCUT2D eigenvalue weighted by atomic mass is 10.2. The topological polar surface area (TPSA) is 29.3 Å². The Morgan fingerprint density at radius 3 is 2.78 bits per heavy atom. The molecule has 0 spiro atoms. The summed E-state index contributed by atoms with van der Waals surface area (Å²) in [6.45, 7) is 1.45. The maximum Gasteiger partial charge on any atom is 0.128 e. The van der Waals surface area contributed by atoms with E-state index in [-0.39, 0.29) is 5.82 Å². The van der Waals surface area contributed by atoms with Gasteiger partial charge in [-0.15, -0.1) is 0 Å². The molecule has 0 aromatic heterocycles. The maximum absolute atomic E-state index is 13.8. The quantitative estimate of drug-likeness (QED) is 0.812. The Kier molecular flexibility index (Phi) is 4.70. The van der Waals surface area contributed by atoms with E-state index in [9.17, 15) is 4.39 Å². The smallest absolute Gasteiger partial charge is 0.128 e. The zero-order valence-corrected chi connectivity index (χ0v) is 12.4. The van der Waals surface area contributed by atoms with Gasteiger partial charge in [0.15, 0.2) is 0 Å². The van der Waals surface area contributed by atoms with Gasteiger partial charge in [-0.3, -0.25) is 4.90 Å². The molecule has 18 heavy (non-hydrogen) atoms. The van der Waals surface area contributed by atoms with Crippen molar-refractivity contribution in [2.24, 2.45) is 5.73 Å². The molecule has 98 valence electrons. The minimum atomic E-state index is -0.162. The van der Waals surface area contributed by atoms with Crippen LogP contribution in [0.5, 0.6) is 0 Å². The molecule has 1 aliphatic carbocycles. The Morgan fingerprint density at radius 1 is 1.50 bits per heavy atom. The van der Waals surface area contributed by atoms with Crippen LogP contribution in [0.25, 0.3) is 0 Å². The van der Waals surface area contributed by atoms with E-state index in [1.165, 1.54) is 18.9 Å². The molecule has 0 saturated heterocycles. The third kappa shape index (κ3) is 4.00. The van der Waals surface area contributed by atoms with Gasteiger partial charge in [0.05, 0.1) is 4.99 Å². The highest BCUT2D eigenvalue weighted by atomic mass is 79.9. The summed E-state index contributed by atoms with van der Waals surface area (Å²) in [7, 11) is 0. The van der Waals surface area contributed by atoms with E-state index in [4.69, 9.17) is 18.0 Å². The molecule has 0 unspecified atom stereocenters. The molecule has 0 amide bonds. The standard InChI is InChI=1S/C13H16BrFN2S/c14-10-2-1-9(12(15)7-10)8-17(11-3-4-11)6-5-13(16)18/h1-2,7,11H,3-6,8H2,(H2,16,18). The lowest BCUT2D eigenvalue weighted by Gasteiger charge is -2.22. The van der Waals surface area contributed by atoms with Gasteiger partial charge in [0.1, 0.15) is 5.82 Å². The second-order valence-electron chi connectivity index (χ2n) is 4.65. The van der Waals surface area contributed by atoms with E-state index in [0.717, 1.165) is 16.6 Å². The second-order valence-corrected chi connectivity index (χ2v) is 6.09. The fourth-order valence-electron chi connectivity index (χ4n) is 1.95. The molecule has 1 fully saturated rings. The first kappa shape index (κ1) is 13.9. The van der Waals surface area contributed by atoms with E-state index < -0.39 is 0 Å². The zero-order chi connectivity index (χ0) is 13.1. The number of nitrogens with zero attached hydrogens (tertiary/aromatic N) is 1. The van der Waals surface area contributed by atoms with Crippen molar-refractivity contribution in [1.29, 1.82) is 0 Å². The number of thiocarbonyl (C=S) groups is 1. The highest BCUT2D eigenvalue weighted by Crippen LogP contribution is 2.29. The van der Waals surface area contributed by atoms with Crippen LogP contribution in [0, 0.1) is 5.82 Å².